The van der Waals surface area contributed by atoms with E-state index in [1.165, 1.54) is 10.6 Å². The Labute approximate surface area is 133 Å². The summed E-state index contributed by atoms with van der Waals surface area (Å²) in [5.74, 6) is -0.243. The smallest absolute Gasteiger partial charge is 0.342 e. The number of fused-ring (bicyclic) bond motifs is 1. The Kier molecular flexibility index (Phi) is 3.52. The molecular formula is C16H17N3O3S. The van der Waals surface area contributed by atoms with Gasteiger partial charge in [-0.3, -0.25) is 4.57 Å². The second-order valence-corrected chi connectivity index (χ2v) is 7.35. The monoisotopic (exact) mass is 331 g/mol. The molecule has 6 nitrogen and oxygen atoms in total. The van der Waals surface area contributed by atoms with Gasteiger partial charge in [0, 0.05) is 12.7 Å². The molecule has 120 valence electrons. The van der Waals surface area contributed by atoms with Gasteiger partial charge in [-0.25, -0.2) is 13.2 Å². The molecule has 23 heavy (non-hydrogen) atoms. The molecule has 1 heterocycles. The zero-order valence-corrected chi connectivity index (χ0v) is 13.7. The minimum atomic E-state index is -3.86. The van der Waals surface area contributed by atoms with E-state index in [2.05, 4.69) is 0 Å². The van der Waals surface area contributed by atoms with Crippen LogP contribution < -0.4 is 11.4 Å². The van der Waals surface area contributed by atoms with Crippen LogP contribution in [0.25, 0.3) is 11.0 Å². The fourth-order valence-electron chi connectivity index (χ4n) is 2.63. The van der Waals surface area contributed by atoms with Gasteiger partial charge in [0.15, 0.2) is 0 Å². The largest absolute Gasteiger partial charge is 0.399 e. The number of rotatable bonds is 3. The molecule has 0 radical (unpaired) electrons. The Bertz CT molecular complexity index is 1060. The van der Waals surface area contributed by atoms with E-state index in [0.717, 1.165) is 9.54 Å². The first-order valence-electron chi connectivity index (χ1n) is 7.06. The molecule has 0 aliphatic rings. The van der Waals surface area contributed by atoms with E-state index >= 15 is 0 Å². The van der Waals surface area contributed by atoms with Crippen molar-refractivity contribution in [2.75, 3.05) is 5.73 Å². The lowest BCUT2D eigenvalue weighted by molar-refractivity contribution is 0.585. The Balaban J connectivity index is 2.23. The first-order valence-corrected chi connectivity index (χ1v) is 8.67. The van der Waals surface area contributed by atoms with Crippen molar-refractivity contribution in [3.63, 3.8) is 0 Å². The quantitative estimate of drug-likeness (QED) is 0.739. The van der Waals surface area contributed by atoms with Gasteiger partial charge >= 0.3 is 5.69 Å². The van der Waals surface area contributed by atoms with Gasteiger partial charge in [-0.1, -0.05) is 24.3 Å². The van der Waals surface area contributed by atoms with Crippen LogP contribution in [0.15, 0.2) is 47.3 Å². The summed E-state index contributed by atoms with van der Waals surface area (Å²) in [6.07, 6.45) is 0. The molecule has 0 atom stereocenters. The highest BCUT2D eigenvalue weighted by Gasteiger charge is 2.23. The van der Waals surface area contributed by atoms with Crippen molar-refractivity contribution in [1.82, 2.24) is 8.54 Å². The number of aryl methyl sites for hydroxylation is 2. The maximum Gasteiger partial charge on any atom is 0.342 e. The molecule has 0 saturated heterocycles. The normalized spacial score (nSPS) is 11.9. The number of nitrogens with two attached hydrogens (primary N) is 1. The van der Waals surface area contributed by atoms with E-state index in [-0.39, 0.29) is 5.75 Å². The number of benzene rings is 2. The summed E-state index contributed by atoms with van der Waals surface area (Å²) in [5.41, 5.74) is 7.91. The van der Waals surface area contributed by atoms with E-state index in [9.17, 15) is 13.2 Å². The number of nitrogens with zero attached hydrogens (tertiary/aromatic N) is 2. The van der Waals surface area contributed by atoms with Gasteiger partial charge in [-0.2, -0.15) is 3.97 Å². The Morgan fingerprint density at radius 1 is 1.09 bits per heavy atom. The highest BCUT2D eigenvalue weighted by atomic mass is 32.2. The van der Waals surface area contributed by atoms with Gasteiger partial charge < -0.3 is 5.73 Å². The fraction of sp³-hybridized carbons (Fsp3) is 0.188. The number of anilines is 1. The lowest BCUT2D eigenvalue weighted by Gasteiger charge is -2.08. The predicted molar refractivity (Wildman–Crippen MR) is 90.8 cm³/mol. The third-order valence-corrected chi connectivity index (χ3v) is 5.50. The van der Waals surface area contributed by atoms with Crippen LogP contribution in [0.4, 0.5) is 5.69 Å². The van der Waals surface area contributed by atoms with Gasteiger partial charge in [-0.15, -0.1) is 0 Å². The minimum Gasteiger partial charge on any atom is -0.399 e. The lowest BCUT2D eigenvalue weighted by atomic mass is 10.1. The Morgan fingerprint density at radius 2 is 1.78 bits per heavy atom. The fourth-order valence-corrected chi connectivity index (χ4v) is 4.28. The van der Waals surface area contributed by atoms with E-state index in [0.29, 0.717) is 22.3 Å². The molecule has 0 amide bonds. The summed E-state index contributed by atoms with van der Waals surface area (Å²) in [4.78, 5) is 12.4. The number of aromatic nitrogens is 2. The Hall–Kier alpha value is -2.54. The molecule has 0 aliphatic carbocycles. The van der Waals surface area contributed by atoms with E-state index in [4.69, 9.17) is 5.73 Å². The van der Waals surface area contributed by atoms with Crippen molar-refractivity contribution in [3.05, 3.63) is 64.1 Å². The van der Waals surface area contributed by atoms with Crippen LogP contribution in [0.2, 0.25) is 0 Å². The molecule has 0 aliphatic heterocycles. The van der Waals surface area contributed by atoms with Crippen LogP contribution in [-0.4, -0.2) is 17.0 Å². The molecule has 1 aromatic heterocycles. The summed E-state index contributed by atoms with van der Waals surface area (Å²) in [6.45, 7) is 1.84. The van der Waals surface area contributed by atoms with Crippen molar-refractivity contribution in [3.8, 4) is 0 Å². The molecule has 0 fully saturated rings. The summed E-state index contributed by atoms with van der Waals surface area (Å²) in [5, 5.41) is 0. The van der Waals surface area contributed by atoms with Crippen molar-refractivity contribution < 1.29 is 8.42 Å². The number of imidazole rings is 1. The summed E-state index contributed by atoms with van der Waals surface area (Å²) >= 11 is 0. The topological polar surface area (TPSA) is 87.1 Å². The molecule has 2 aromatic carbocycles. The van der Waals surface area contributed by atoms with Crippen LogP contribution in [0.5, 0.6) is 0 Å². The van der Waals surface area contributed by atoms with E-state index in [1.807, 2.05) is 19.1 Å². The van der Waals surface area contributed by atoms with Gasteiger partial charge in [0.05, 0.1) is 16.8 Å². The van der Waals surface area contributed by atoms with Gasteiger partial charge in [0.2, 0.25) is 10.0 Å². The average molecular weight is 331 g/mol. The first-order chi connectivity index (χ1) is 10.8. The van der Waals surface area contributed by atoms with E-state index in [1.54, 1.807) is 31.3 Å². The summed E-state index contributed by atoms with van der Waals surface area (Å²) < 4.78 is 27.8. The molecule has 3 rings (SSSR count). The average Bonchev–Trinajstić information content (AvgIpc) is 2.73. The number of nitrogen functional groups attached to an aromatic ring is 1. The Morgan fingerprint density at radius 3 is 2.48 bits per heavy atom. The summed E-state index contributed by atoms with van der Waals surface area (Å²) in [7, 11) is -2.32. The molecule has 0 spiro atoms. The second kappa shape index (κ2) is 5.27. The summed E-state index contributed by atoms with van der Waals surface area (Å²) in [6, 6.07) is 12.0. The zero-order valence-electron chi connectivity index (χ0n) is 12.9. The van der Waals surface area contributed by atoms with Gasteiger partial charge in [0.1, 0.15) is 0 Å². The molecule has 2 N–H and O–H groups in total. The molecule has 0 saturated carbocycles. The molecule has 0 bridgehead atoms. The number of hydrogen-bond acceptors (Lipinski definition) is 4. The maximum absolute atomic E-state index is 12.8. The van der Waals surface area contributed by atoms with Gasteiger partial charge in [-0.05, 0) is 36.2 Å². The molecular weight excluding hydrogens is 314 g/mol. The standard InChI is InChI=1S/C16H17N3O3S/c1-11-5-3-4-6-12(11)10-23(21,22)19-15-9-13(17)7-8-14(15)18(2)16(19)20/h3-9H,10,17H2,1-2H3. The van der Waals surface area contributed by atoms with Crippen LogP contribution in [-0.2, 0) is 22.8 Å². The SMILES string of the molecule is Cc1ccccc1CS(=O)(=O)n1c(=O)n(C)c2ccc(N)cc21. The van der Waals surface area contributed by atoms with Crippen molar-refractivity contribution in [2.24, 2.45) is 7.05 Å². The third kappa shape index (κ3) is 2.53. The molecule has 3 aromatic rings. The van der Waals surface area contributed by atoms with Crippen LogP contribution >= 0.6 is 0 Å². The van der Waals surface area contributed by atoms with E-state index < -0.39 is 15.7 Å². The zero-order chi connectivity index (χ0) is 16.8. The second-order valence-electron chi connectivity index (χ2n) is 5.54. The predicted octanol–water partition coefficient (Wildman–Crippen LogP) is 1.61. The van der Waals surface area contributed by atoms with Crippen molar-refractivity contribution >= 4 is 26.7 Å². The van der Waals surface area contributed by atoms with Gasteiger partial charge in [0.25, 0.3) is 0 Å². The third-order valence-electron chi connectivity index (χ3n) is 3.92. The maximum atomic E-state index is 12.8. The van der Waals surface area contributed by atoms with Crippen LogP contribution in [0.1, 0.15) is 11.1 Å². The van der Waals surface area contributed by atoms with Crippen LogP contribution in [0.3, 0.4) is 0 Å². The number of hydrogen-bond donors (Lipinski definition) is 1. The van der Waals surface area contributed by atoms with Crippen molar-refractivity contribution in [1.29, 1.82) is 0 Å². The van der Waals surface area contributed by atoms with Crippen LogP contribution in [0, 0.1) is 6.92 Å². The van der Waals surface area contributed by atoms with Crippen molar-refractivity contribution in [2.45, 2.75) is 12.7 Å². The highest BCUT2D eigenvalue weighted by molar-refractivity contribution is 7.89. The molecule has 0 unspecified atom stereocenters. The molecule has 7 heteroatoms. The minimum absolute atomic E-state index is 0.243. The first kappa shape index (κ1) is 15.4. The lowest BCUT2D eigenvalue weighted by Crippen LogP contribution is -2.29. The highest BCUT2D eigenvalue weighted by Crippen LogP contribution is 2.20.